The highest BCUT2D eigenvalue weighted by Crippen LogP contribution is 2.28. The van der Waals surface area contributed by atoms with E-state index in [2.05, 4.69) is 4.90 Å². The molecule has 1 fully saturated rings. The lowest BCUT2D eigenvalue weighted by molar-refractivity contribution is 0.160. The van der Waals surface area contributed by atoms with Crippen molar-refractivity contribution in [1.82, 2.24) is 4.90 Å². The average molecular weight is 248 g/mol. The molecule has 3 nitrogen and oxygen atoms in total. The largest absolute Gasteiger partial charge is 0.383 e. The third kappa shape index (κ3) is 3.06. The highest BCUT2D eigenvalue weighted by molar-refractivity contribution is 5.35. The number of nitrogens with zero attached hydrogens (tertiary/aromatic N) is 2. The van der Waals surface area contributed by atoms with Gasteiger partial charge in [-0.05, 0) is 42.6 Å². The minimum atomic E-state index is -0.320. The van der Waals surface area contributed by atoms with Gasteiger partial charge in [0.1, 0.15) is 5.82 Å². The molecule has 0 aromatic heterocycles. The molecule has 4 heteroatoms. The molecule has 0 saturated carbocycles. The third-order valence-electron chi connectivity index (χ3n) is 3.40. The van der Waals surface area contributed by atoms with E-state index in [0.29, 0.717) is 11.5 Å². The standard InChI is InChI=1S/C14H17FN2O/c1-18-5-4-17-3-2-12(10-17)13-6-11(9-16)7-14(15)8-13/h6-8,12H,2-5,10H2,1H3/t12-/m0/s1. The fourth-order valence-corrected chi connectivity index (χ4v) is 2.44. The molecule has 0 spiro atoms. The number of rotatable bonds is 4. The van der Waals surface area contributed by atoms with Crippen LogP contribution in [0.3, 0.4) is 0 Å². The van der Waals surface area contributed by atoms with Gasteiger partial charge in [-0.15, -0.1) is 0 Å². The van der Waals surface area contributed by atoms with Crippen LogP contribution in [0, 0.1) is 17.1 Å². The van der Waals surface area contributed by atoms with Gasteiger partial charge in [-0.3, -0.25) is 0 Å². The van der Waals surface area contributed by atoms with Crippen LogP contribution < -0.4 is 0 Å². The molecule has 0 N–H and O–H groups in total. The lowest BCUT2D eigenvalue weighted by Crippen LogP contribution is -2.24. The van der Waals surface area contributed by atoms with E-state index in [1.807, 2.05) is 6.07 Å². The molecule has 1 aromatic rings. The van der Waals surface area contributed by atoms with Gasteiger partial charge in [-0.25, -0.2) is 4.39 Å². The Morgan fingerprint density at radius 1 is 1.50 bits per heavy atom. The van der Waals surface area contributed by atoms with E-state index in [1.165, 1.54) is 6.07 Å². The van der Waals surface area contributed by atoms with E-state index < -0.39 is 0 Å². The maximum Gasteiger partial charge on any atom is 0.124 e. The Morgan fingerprint density at radius 2 is 2.33 bits per heavy atom. The van der Waals surface area contributed by atoms with Crippen LogP contribution in [0.25, 0.3) is 0 Å². The molecule has 18 heavy (non-hydrogen) atoms. The van der Waals surface area contributed by atoms with Gasteiger partial charge in [0.15, 0.2) is 0 Å². The summed E-state index contributed by atoms with van der Waals surface area (Å²) in [6, 6.07) is 6.63. The van der Waals surface area contributed by atoms with Crippen molar-refractivity contribution in [3.63, 3.8) is 0 Å². The van der Waals surface area contributed by atoms with E-state index >= 15 is 0 Å². The fourth-order valence-electron chi connectivity index (χ4n) is 2.44. The smallest absolute Gasteiger partial charge is 0.124 e. The Labute approximate surface area is 107 Å². The Morgan fingerprint density at radius 3 is 3.06 bits per heavy atom. The Bertz CT molecular complexity index is 456. The maximum absolute atomic E-state index is 13.4. The Kier molecular flexibility index (Phi) is 4.29. The first-order valence-corrected chi connectivity index (χ1v) is 6.15. The van der Waals surface area contributed by atoms with Gasteiger partial charge in [0.2, 0.25) is 0 Å². The summed E-state index contributed by atoms with van der Waals surface area (Å²) in [4.78, 5) is 2.31. The SMILES string of the molecule is COCCN1CC[C@H](c2cc(F)cc(C#N)c2)C1. The molecule has 0 radical (unpaired) electrons. The van der Waals surface area contributed by atoms with Gasteiger partial charge >= 0.3 is 0 Å². The summed E-state index contributed by atoms with van der Waals surface area (Å²) in [6.45, 7) is 3.55. The summed E-state index contributed by atoms with van der Waals surface area (Å²) >= 11 is 0. The molecule has 1 heterocycles. The Balaban J connectivity index is 2.05. The minimum absolute atomic E-state index is 0.320. The molecule has 0 unspecified atom stereocenters. The molecule has 1 aromatic carbocycles. The predicted octanol–water partition coefficient (Wildman–Crippen LogP) is 2.13. The summed E-state index contributed by atoms with van der Waals surface area (Å²) in [5, 5.41) is 8.85. The molecule has 1 atom stereocenters. The zero-order valence-electron chi connectivity index (χ0n) is 10.5. The molecule has 1 aliphatic rings. The molecule has 1 aliphatic heterocycles. The van der Waals surface area contributed by atoms with Gasteiger partial charge in [0.25, 0.3) is 0 Å². The lowest BCUT2D eigenvalue weighted by atomic mass is 9.96. The molecular formula is C14H17FN2O. The van der Waals surface area contributed by atoms with Crippen molar-refractivity contribution in [2.75, 3.05) is 33.4 Å². The highest BCUT2D eigenvalue weighted by Gasteiger charge is 2.24. The zero-order valence-corrected chi connectivity index (χ0v) is 10.5. The lowest BCUT2D eigenvalue weighted by Gasteiger charge is -2.15. The maximum atomic E-state index is 13.4. The zero-order chi connectivity index (χ0) is 13.0. The molecular weight excluding hydrogens is 231 g/mol. The summed E-state index contributed by atoms with van der Waals surface area (Å²) < 4.78 is 18.4. The number of methoxy groups -OCH3 is 1. The number of nitriles is 1. The Hall–Kier alpha value is -1.44. The van der Waals surface area contributed by atoms with Crippen LogP contribution in [0.4, 0.5) is 4.39 Å². The second kappa shape index (κ2) is 5.94. The second-order valence-corrected chi connectivity index (χ2v) is 4.66. The second-order valence-electron chi connectivity index (χ2n) is 4.66. The van der Waals surface area contributed by atoms with Crippen molar-refractivity contribution < 1.29 is 9.13 Å². The van der Waals surface area contributed by atoms with Crippen molar-refractivity contribution in [3.05, 3.63) is 35.1 Å². The first-order valence-electron chi connectivity index (χ1n) is 6.15. The summed E-state index contributed by atoms with van der Waals surface area (Å²) in [5.41, 5.74) is 1.34. The number of hydrogen-bond donors (Lipinski definition) is 0. The number of halogens is 1. The predicted molar refractivity (Wildman–Crippen MR) is 66.8 cm³/mol. The van der Waals surface area contributed by atoms with Gasteiger partial charge in [0, 0.05) is 20.2 Å². The molecule has 0 bridgehead atoms. The molecule has 0 aliphatic carbocycles. The van der Waals surface area contributed by atoms with Crippen LogP contribution in [0.1, 0.15) is 23.5 Å². The van der Waals surface area contributed by atoms with Crippen LogP contribution >= 0.6 is 0 Å². The van der Waals surface area contributed by atoms with E-state index in [9.17, 15) is 4.39 Å². The van der Waals surface area contributed by atoms with E-state index in [-0.39, 0.29) is 5.82 Å². The average Bonchev–Trinajstić information content (AvgIpc) is 2.84. The van der Waals surface area contributed by atoms with E-state index in [4.69, 9.17) is 10.00 Å². The van der Waals surface area contributed by atoms with Crippen LogP contribution in [-0.2, 0) is 4.74 Å². The normalized spacial score (nSPS) is 19.9. The van der Waals surface area contributed by atoms with Crippen molar-refractivity contribution in [2.45, 2.75) is 12.3 Å². The highest BCUT2D eigenvalue weighted by atomic mass is 19.1. The van der Waals surface area contributed by atoms with Gasteiger partial charge < -0.3 is 9.64 Å². The van der Waals surface area contributed by atoms with Crippen molar-refractivity contribution >= 4 is 0 Å². The van der Waals surface area contributed by atoms with Crippen molar-refractivity contribution in [3.8, 4) is 6.07 Å². The van der Waals surface area contributed by atoms with E-state index in [0.717, 1.165) is 38.2 Å². The van der Waals surface area contributed by atoms with Crippen LogP contribution in [0.2, 0.25) is 0 Å². The fraction of sp³-hybridized carbons (Fsp3) is 0.500. The molecule has 96 valence electrons. The van der Waals surface area contributed by atoms with Crippen LogP contribution in [0.5, 0.6) is 0 Å². The van der Waals surface area contributed by atoms with Gasteiger partial charge in [-0.1, -0.05) is 0 Å². The quantitative estimate of drug-likeness (QED) is 0.819. The third-order valence-corrected chi connectivity index (χ3v) is 3.40. The number of hydrogen-bond acceptors (Lipinski definition) is 3. The molecule has 1 saturated heterocycles. The van der Waals surface area contributed by atoms with Crippen molar-refractivity contribution in [2.24, 2.45) is 0 Å². The van der Waals surface area contributed by atoms with Gasteiger partial charge in [-0.2, -0.15) is 5.26 Å². The summed E-state index contributed by atoms with van der Waals surface area (Å²) in [6.07, 6.45) is 1.01. The van der Waals surface area contributed by atoms with Crippen molar-refractivity contribution in [1.29, 1.82) is 5.26 Å². The number of benzene rings is 1. The monoisotopic (exact) mass is 248 g/mol. The van der Waals surface area contributed by atoms with Gasteiger partial charge in [0.05, 0.1) is 18.2 Å². The summed E-state index contributed by atoms with van der Waals surface area (Å²) in [7, 11) is 1.69. The first-order chi connectivity index (χ1) is 8.72. The van der Waals surface area contributed by atoms with E-state index in [1.54, 1.807) is 19.2 Å². The molecule has 0 amide bonds. The number of ether oxygens (including phenoxy) is 1. The topological polar surface area (TPSA) is 36.3 Å². The molecule has 2 rings (SSSR count). The first kappa shape index (κ1) is 13.0. The van der Waals surface area contributed by atoms with Crippen LogP contribution in [-0.4, -0.2) is 38.3 Å². The minimum Gasteiger partial charge on any atom is -0.383 e. The summed E-state index contributed by atoms with van der Waals surface area (Å²) in [5.74, 6) is 0.00375. The number of likely N-dealkylation sites (tertiary alicyclic amines) is 1. The van der Waals surface area contributed by atoms with Crippen LogP contribution in [0.15, 0.2) is 18.2 Å².